The predicted molar refractivity (Wildman–Crippen MR) is 110 cm³/mol. The highest BCUT2D eigenvalue weighted by Crippen LogP contribution is 2.17. The Hall–Kier alpha value is -2.23. The molecule has 0 radical (unpaired) electrons. The van der Waals surface area contributed by atoms with Gasteiger partial charge in [0.2, 0.25) is 10.0 Å². The molecule has 1 aliphatic heterocycles. The Bertz CT molecular complexity index is 827. The third-order valence-corrected chi connectivity index (χ3v) is 6.94. The maximum absolute atomic E-state index is 12.5. The molecule has 1 aliphatic carbocycles. The summed E-state index contributed by atoms with van der Waals surface area (Å²) in [6, 6.07) is 9.00. The number of benzene rings is 1. The fourth-order valence-electron chi connectivity index (χ4n) is 3.74. The van der Waals surface area contributed by atoms with Crippen molar-refractivity contribution in [3.8, 4) is 0 Å². The van der Waals surface area contributed by atoms with Crippen LogP contribution in [0.2, 0.25) is 0 Å². The summed E-state index contributed by atoms with van der Waals surface area (Å²) in [6.07, 6.45) is 5.72. The molecule has 0 spiro atoms. The number of quaternary nitrogens is 1. The maximum Gasteiger partial charge on any atom is 0.321 e. The smallest absolute Gasteiger partial charge is 0.321 e. The van der Waals surface area contributed by atoms with Gasteiger partial charge in [-0.3, -0.25) is 10.1 Å². The summed E-state index contributed by atoms with van der Waals surface area (Å²) < 4.78 is 26.4. The highest BCUT2D eigenvalue weighted by Gasteiger charge is 2.29. The van der Waals surface area contributed by atoms with Crippen LogP contribution in [0, 0.1) is 0 Å². The van der Waals surface area contributed by atoms with Crippen LogP contribution in [0.3, 0.4) is 0 Å². The fourth-order valence-corrected chi connectivity index (χ4v) is 4.93. The molecule has 2 aliphatic rings. The Morgan fingerprint density at radius 1 is 1.10 bits per heavy atom. The van der Waals surface area contributed by atoms with Crippen LogP contribution < -0.4 is 15.5 Å². The Morgan fingerprint density at radius 2 is 1.76 bits per heavy atom. The van der Waals surface area contributed by atoms with Crippen LogP contribution in [0.25, 0.3) is 6.08 Å². The van der Waals surface area contributed by atoms with E-state index in [1.165, 1.54) is 9.71 Å². The molecule has 3 N–H and O–H groups in total. The van der Waals surface area contributed by atoms with Gasteiger partial charge in [-0.2, -0.15) is 4.31 Å². The normalized spacial score (nSPS) is 19.4. The first-order valence-corrected chi connectivity index (χ1v) is 11.6. The van der Waals surface area contributed by atoms with Crippen molar-refractivity contribution in [2.45, 2.75) is 31.7 Å². The lowest BCUT2D eigenvalue weighted by molar-refractivity contribution is -0.895. The summed E-state index contributed by atoms with van der Waals surface area (Å²) in [5, 5.41) is 6.44. The van der Waals surface area contributed by atoms with E-state index < -0.39 is 16.1 Å². The third-order valence-electron chi connectivity index (χ3n) is 5.38. The first kappa shape index (κ1) is 21.5. The number of imide groups is 1. The number of nitrogens with zero attached hydrogens (tertiary/aromatic N) is 1. The van der Waals surface area contributed by atoms with Gasteiger partial charge in [0.05, 0.1) is 26.2 Å². The van der Waals surface area contributed by atoms with Gasteiger partial charge < -0.3 is 10.2 Å². The van der Waals surface area contributed by atoms with Crippen molar-refractivity contribution in [1.82, 2.24) is 14.9 Å². The van der Waals surface area contributed by atoms with Crippen LogP contribution in [0.5, 0.6) is 0 Å². The van der Waals surface area contributed by atoms with Crippen LogP contribution in [0.1, 0.15) is 31.2 Å². The quantitative estimate of drug-likeness (QED) is 0.600. The summed E-state index contributed by atoms with van der Waals surface area (Å²) in [6.45, 7) is 1.90. The second-order valence-corrected chi connectivity index (χ2v) is 9.41. The number of sulfonamides is 1. The highest BCUT2D eigenvalue weighted by atomic mass is 32.2. The molecule has 3 rings (SSSR count). The molecular formula is C20H29N4O4S+. The van der Waals surface area contributed by atoms with Crippen LogP contribution in [-0.2, 0) is 14.8 Å². The summed E-state index contributed by atoms with van der Waals surface area (Å²) in [7, 11) is -3.49. The first-order chi connectivity index (χ1) is 13.9. The number of carbonyl (C=O) groups excluding carboxylic acids is 2. The third kappa shape index (κ3) is 6.66. The molecule has 0 atom stereocenters. The van der Waals surface area contributed by atoms with Gasteiger partial charge in [-0.25, -0.2) is 13.2 Å². The predicted octanol–water partition coefficient (Wildman–Crippen LogP) is -0.0440. The minimum atomic E-state index is -3.49. The Morgan fingerprint density at radius 3 is 2.41 bits per heavy atom. The minimum Gasteiger partial charge on any atom is -0.335 e. The molecule has 29 heavy (non-hydrogen) atoms. The van der Waals surface area contributed by atoms with Crippen molar-refractivity contribution in [3.05, 3.63) is 41.3 Å². The topological polar surface area (TPSA) is 100 Å². The lowest BCUT2D eigenvalue weighted by Crippen LogP contribution is -3.15. The van der Waals surface area contributed by atoms with E-state index in [4.69, 9.17) is 0 Å². The second-order valence-electron chi connectivity index (χ2n) is 7.59. The monoisotopic (exact) mass is 421 g/mol. The number of amides is 3. The van der Waals surface area contributed by atoms with Crippen molar-refractivity contribution in [3.63, 3.8) is 0 Å². The second kappa shape index (κ2) is 10.00. The van der Waals surface area contributed by atoms with E-state index in [0.717, 1.165) is 36.1 Å². The Labute approximate surface area is 172 Å². The van der Waals surface area contributed by atoms with Crippen molar-refractivity contribution in [2.75, 3.05) is 32.7 Å². The Kier molecular flexibility index (Phi) is 7.40. The van der Waals surface area contributed by atoms with Crippen molar-refractivity contribution >= 4 is 28.0 Å². The van der Waals surface area contributed by atoms with E-state index in [2.05, 4.69) is 10.6 Å². The van der Waals surface area contributed by atoms with E-state index in [1.807, 2.05) is 30.3 Å². The van der Waals surface area contributed by atoms with Gasteiger partial charge in [-0.15, -0.1) is 0 Å². The van der Waals surface area contributed by atoms with Crippen LogP contribution in [-0.4, -0.2) is 63.4 Å². The van der Waals surface area contributed by atoms with Gasteiger partial charge in [0, 0.05) is 11.4 Å². The minimum absolute atomic E-state index is 0.159. The first-order valence-electron chi connectivity index (χ1n) is 10.1. The van der Waals surface area contributed by atoms with Gasteiger partial charge >= 0.3 is 6.03 Å². The number of nitrogens with one attached hydrogen (secondary N) is 3. The standard InChI is InChI=1S/C20H28N4O4S/c25-19(22-20(26)21-18-8-4-5-9-18)16-23-11-13-24(14-12-23)29(27,28)15-10-17-6-2-1-3-7-17/h1-3,6-7,10,15,18H,4-5,8-9,11-14,16H2,(H2,21,22,25,26)/p+1/b15-10+. The molecule has 0 bridgehead atoms. The summed E-state index contributed by atoms with van der Waals surface area (Å²) >= 11 is 0. The summed E-state index contributed by atoms with van der Waals surface area (Å²) in [5.41, 5.74) is 0.827. The zero-order chi connectivity index (χ0) is 20.7. The Balaban J connectivity index is 1.41. The van der Waals surface area contributed by atoms with Crippen LogP contribution in [0.4, 0.5) is 4.79 Å². The molecule has 1 saturated carbocycles. The largest absolute Gasteiger partial charge is 0.335 e. The fraction of sp³-hybridized carbons (Fsp3) is 0.500. The molecule has 0 unspecified atom stereocenters. The van der Waals surface area contributed by atoms with Gasteiger partial charge in [-0.05, 0) is 24.5 Å². The number of piperazine rings is 1. The maximum atomic E-state index is 12.5. The van der Waals surface area contributed by atoms with Gasteiger partial charge in [0.15, 0.2) is 6.54 Å². The number of rotatable bonds is 6. The van der Waals surface area contributed by atoms with E-state index in [1.54, 1.807) is 6.08 Å². The molecule has 0 aromatic heterocycles. The average molecular weight is 422 g/mol. The zero-order valence-electron chi connectivity index (χ0n) is 16.5. The van der Waals surface area contributed by atoms with E-state index in [0.29, 0.717) is 26.2 Å². The number of hydrogen-bond donors (Lipinski definition) is 3. The van der Waals surface area contributed by atoms with E-state index >= 15 is 0 Å². The molecule has 2 fully saturated rings. The number of carbonyl (C=O) groups is 2. The lowest BCUT2D eigenvalue weighted by atomic mass is 10.2. The van der Waals surface area contributed by atoms with Gasteiger partial charge in [0.1, 0.15) is 0 Å². The van der Waals surface area contributed by atoms with E-state index in [-0.39, 0.29) is 18.5 Å². The highest BCUT2D eigenvalue weighted by molar-refractivity contribution is 7.92. The summed E-state index contributed by atoms with van der Waals surface area (Å²) in [4.78, 5) is 24.9. The molecular weight excluding hydrogens is 392 g/mol. The average Bonchev–Trinajstić information content (AvgIpc) is 3.20. The molecule has 1 saturated heterocycles. The zero-order valence-corrected chi connectivity index (χ0v) is 17.3. The summed E-state index contributed by atoms with van der Waals surface area (Å²) in [5.74, 6) is -0.337. The van der Waals surface area contributed by atoms with Crippen molar-refractivity contribution in [1.29, 1.82) is 0 Å². The van der Waals surface area contributed by atoms with E-state index in [9.17, 15) is 18.0 Å². The molecule has 158 valence electrons. The number of hydrogen-bond acceptors (Lipinski definition) is 4. The molecule has 1 aromatic rings. The van der Waals surface area contributed by atoms with Crippen molar-refractivity contribution < 1.29 is 22.9 Å². The SMILES string of the molecule is O=C(C[NH+]1CCN(S(=O)(=O)/C=C/c2ccccc2)CC1)NC(=O)NC1CCCC1. The van der Waals surface area contributed by atoms with Crippen LogP contribution in [0.15, 0.2) is 35.7 Å². The lowest BCUT2D eigenvalue weighted by Gasteiger charge is -2.30. The molecule has 3 amide bonds. The number of urea groups is 1. The van der Waals surface area contributed by atoms with Gasteiger partial charge in [-0.1, -0.05) is 43.2 Å². The molecule has 1 heterocycles. The molecule has 8 nitrogen and oxygen atoms in total. The van der Waals surface area contributed by atoms with Crippen LogP contribution >= 0.6 is 0 Å². The van der Waals surface area contributed by atoms with Crippen molar-refractivity contribution in [2.24, 2.45) is 0 Å². The molecule has 1 aromatic carbocycles. The molecule has 9 heteroatoms. The van der Waals surface area contributed by atoms with Gasteiger partial charge in [0.25, 0.3) is 5.91 Å².